The Morgan fingerprint density at radius 2 is 1.71 bits per heavy atom. The summed E-state index contributed by atoms with van der Waals surface area (Å²) < 4.78 is 0.984. The first-order valence-electron chi connectivity index (χ1n) is 6.66. The van der Waals surface area contributed by atoms with Crippen LogP contribution in [0.1, 0.15) is 21.5 Å². The monoisotopic (exact) mass is 339 g/mol. The number of fused-ring (bicyclic) bond motifs is 1. The maximum Gasteiger partial charge on any atom is 0.193 e. The third-order valence-electron chi connectivity index (χ3n) is 3.66. The third kappa shape index (κ3) is 2.45. The van der Waals surface area contributed by atoms with E-state index in [0.717, 1.165) is 20.8 Å². The van der Waals surface area contributed by atoms with Crippen molar-refractivity contribution in [1.82, 2.24) is 0 Å². The minimum absolute atomic E-state index is 0.00889. The van der Waals surface area contributed by atoms with Gasteiger partial charge >= 0.3 is 0 Å². The first-order valence-corrected chi connectivity index (χ1v) is 7.45. The van der Waals surface area contributed by atoms with E-state index in [4.69, 9.17) is 5.73 Å². The highest BCUT2D eigenvalue weighted by molar-refractivity contribution is 9.10. The molecule has 2 nitrogen and oxygen atoms in total. The number of hydrogen-bond donors (Lipinski definition) is 1. The van der Waals surface area contributed by atoms with E-state index in [9.17, 15) is 4.79 Å². The topological polar surface area (TPSA) is 43.1 Å². The van der Waals surface area contributed by atoms with E-state index in [-0.39, 0.29) is 5.78 Å². The van der Waals surface area contributed by atoms with Gasteiger partial charge in [0, 0.05) is 21.3 Å². The molecule has 0 radical (unpaired) electrons. The molecule has 21 heavy (non-hydrogen) atoms. The fourth-order valence-corrected chi connectivity index (χ4v) is 2.88. The smallest absolute Gasteiger partial charge is 0.193 e. The quantitative estimate of drug-likeness (QED) is 0.542. The minimum Gasteiger partial charge on any atom is -0.398 e. The van der Waals surface area contributed by atoms with Crippen LogP contribution < -0.4 is 5.73 Å². The summed E-state index contributed by atoms with van der Waals surface area (Å²) in [6, 6.07) is 17.1. The highest BCUT2D eigenvalue weighted by atomic mass is 79.9. The number of anilines is 1. The molecule has 0 spiro atoms. The van der Waals surface area contributed by atoms with Crippen LogP contribution in [0.5, 0.6) is 0 Å². The zero-order chi connectivity index (χ0) is 15.0. The Hall–Kier alpha value is -2.13. The number of nitrogens with two attached hydrogens (primary N) is 1. The van der Waals surface area contributed by atoms with Crippen LogP contribution in [0.3, 0.4) is 0 Å². The van der Waals surface area contributed by atoms with Gasteiger partial charge in [-0.1, -0.05) is 52.3 Å². The molecule has 0 amide bonds. The lowest BCUT2D eigenvalue weighted by atomic mass is 9.96. The van der Waals surface area contributed by atoms with Gasteiger partial charge in [0.2, 0.25) is 0 Å². The van der Waals surface area contributed by atoms with Gasteiger partial charge in [-0.2, -0.15) is 0 Å². The number of carbonyl (C=O) groups excluding carboxylic acids is 1. The summed E-state index contributed by atoms with van der Waals surface area (Å²) in [4.78, 5) is 12.8. The molecule has 2 N–H and O–H groups in total. The van der Waals surface area contributed by atoms with Gasteiger partial charge in [-0.25, -0.2) is 0 Å². The lowest BCUT2D eigenvalue weighted by Gasteiger charge is -2.09. The van der Waals surface area contributed by atoms with E-state index < -0.39 is 0 Å². The van der Waals surface area contributed by atoms with Gasteiger partial charge in [0.05, 0.1) is 0 Å². The van der Waals surface area contributed by atoms with Crippen LogP contribution in [0.25, 0.3) is 10.8 Å². The fourth-order valence-electron chi connectivity index (χ4n) is 2.40. The Morgan fingerprint density at radius 1 is 1.00 bits per heavy atom. The van der Waals surface area contributed by atoms with E-state index in [0.29, 0.717) is 16.8 Å². The molecular weight excluding hydrogens is 326 g/mol. The number of hydrogen-bond acceptors (Lipinski definition) is 2. The second-order valence-corrected chi connectivity index (χ2v) is 5.90. The fraction of sp³-hybridized carbons (Fsp3) is 0.0556. The molecule has 3 heteroatoms. The highest BCUT2D eigenvalue weighted by Crippen LogP contribution is 2.28. The summed E-state index contributed by atoms with van der Waals surface area (Å²) in [5.41, 5.74) is 8.84. The van der Waals surface area contributed by atoms with Gasteiger partial charge in [-0.3, -0.25) is 4.79 Å². The number of rotatable bonds is 2. The van der Waals surface area contributed by atoms with E-state index >= 15 is 0 Å². The predicted molar refractivity (Wildman–Crippen MR) is 90.7 cm³/mol. The molecule has 0 aliphatic carbocycles. The van der Waals surface area contributed by atoms with Crippen LogP contribution in [0, 0.1) is 6.92 Å². The molecule has 3 aromatic rings. The number of aryl methyl sites for hydroxylation is 1. The molecule has 0 heterocycles. The summed E-state index contributed by atoms with van der Waals surface area (Å²) in [5.74, 6) is -0.00889. The second kappa shape index (κ2) is 5.34. The van der Waals surface area contributed by atoms with Crippen molar-refractivity contribution in [2.24, 2.45) is 0 Å². The number of halogens is 1. The molecule has 0 atom stereocenters. The first kappa shape index (κ1) is 13.8. The van der Waals surface area contributed by atoms with Gasteiger partial charge in [0.25, 0.3) is 0 Å². The zero-order valence-electron chi connectivity index (χ0n) is 11.6. The zero-order valence-corrected chi connectivity index (χ0v) is 13.1. The Morgan fingerprint density at radius 3 is 2.43 bits per heavy atom. The van der Waals surface area contributed by atoms with Crippen molar-refractivity contribution in [3.05, 3.63) is 75.8 Å². The number of ketones is 1. The molecular formula is C18H14BrNO. The maximum absolute atomic E-state index is 12.8. The normalized spacial score (nSPS) is 10.8. The van der Waals surface area contributed by atoms with Gasteiger partial charge < -0.3 is 5.73 Å². The maximum atomic E-state index is 12.8. The lowest BCUT2D eigenvalue weighted by Crippen LogP contribution is -2.04. The summed E-state index contributed by atoms with van der Waals surface area (Å²) >= 11 is 3.53. The van der Waals surface area contributed by atoms with Crippen molar-refractivity contribution < 1.29 is 4.79 Å². The third-order valence-corrected chi connectivity index (χ3v) is 4.35. The molecule has 0 bridgehead atoms. The average molecular weight is 340 g/mol. The van der Waals surface area contributed by atoms with E-state index in [1.54, 1.807) is 6.07 Å². The van der Waals surface area contributed by atoms with Crippen molar-refractivity contribution in [1.29, 1.82) is 0 Å². The van der Waals surface area contributed by atoms with Crippen molar-refractivity contribution >= 4 is 38.2 Å². The van der Waals surface area contributed by atoms with Crippen LogP contribution in [0.4, 0.5) is 5.69 Å². The minimum atomic E-state index is -0.00889. The molecule has 0 unspecified atom stereocenters. The number of benzene rings is 3. The molecule has 0 aliphatic heterocycles. The molecule has 0 fully saturated rings. The summed E-state index contributed by atoms with van der Waals surface area (Å²) in [6.07, 6.45) is 0. The number of carbonyl (C=O) groups is 1. The Balaban J connectivity index is 2.18. The molecule has 0 aromatic heterocycles. The van der Waals surface area contributed by atoms with Crippen LogP contribution in [0.15, 0.2) is 59.1 Å². The molecule has 3 aromatic carbocycles. The summed E-state index contributed by atoms with van der Waals surface area (Å²) in [6.45, 7) is 1.93. The average Bonchev–Trinajstić information content (AvgIpc) is 2.50. The van der Waals surface area contributed by atoms with Crippen molar-refractivity contribution in [3.8, 4) is 0 Å². The highest BCUT2D eigenvalue weighted by Gasteiger charge is 2.14. The van der Waals surface area contributed by atoms with Gasteiger partial charge in [-0.15, -0.1) is 0 Å². The Bertz CT molecular complexity index is 855. The number of nitrogen functional groups attached to an aromatic ring is 1. The SMILES string of the molecule is Cc1ccc(C(=O)c2ccc(Br)c3ccccc23)cc1N. The Kier molecular flexibility index (Phi) is 3.52. The molecule has 0 aliphatic rings. The van der Waals surface area contributed by atoms with Crippen LogP contribution in [-0.4, -0.2) is 5.78 Å². The van der Waals surface area contributed by atoms with E-state index in [1.807, 2.05) is 55.5 Å². The van der Waals surface area contributed by atoms with Crippen molar-refractivity contribution in [2.75, 3.05) is 5.73 Å². The van der Waals surface area contributed by atoms with Crippen LogP contribution in [0.2, 0.25) is 0 Å². The van der Waals surface area contributed by atoms with Crippen LogP contribution in [-0.2, 0) is 0 Å². The molecule has 3 rings (SSSR count). The lowest BCUT2D eigenvalue weighted by molar-refractivity contribution is 0.104. The van der Waals surface area contributed by atoms with Crippen molar-refractivity contribution in [2.45, 2.75) is 6.92 Å². The second-order valence-electron chi connectivity index (χ2n) is 5.04. The van der Waals surface area contributed by atoms with Gasteiger partial charge in [0.15, 0.2) is 5.78 Å². The first-order chi connectivity index (χ1) is 10.1. The predicted octanol–water partition coefficient (Wildman–Crippen LogP) is 4.72. The van der Waals surface area contributed by atoms with E-state index in [1.165, 1.54) is 0 Å². The molecule has 104 valence electrons. The molecule has 0 saturated carbocycles. The van der Waals surface area contributed by atoms with Gasteiger partial charge in [0.1, 0.15) is 0 Å². The van der Waals surface area contributed by atoms with Gasteiger partial charge in [-0.05, 0) is 41.5 Å². The molecule has 0 saturated heterocycles. The largest absolute Gasteiger partial charge is 0.398 e. The Labute approximate surface area is 131 Å². The van der Waals surface area contributed by atoms with E-state index in [2.05, 4.69) is 15.9 Å². The van der Waals surface area contributed by atoms with Crippen LogP contribution >= 0.6 is 15.9 Å². The standard InChI is InChI=1S/C18H14BrNO/c1-11-6-7-12(10-17(11)20)18(21)15-8-9-16(19)14-5-3-2-4-13(14)15/h2-10H,20H2,1H3. The van der Waals surface area contributed by atoms with Crippen molar-refractivity contribution in [3.63, 3.8) is 0 Å². The summed E-state index contributed by atoms with van der Waals surface area (Å²) in [7, 11) is 0. The summed E-state index contributed by atoms with van der Waals surface area (Å²) in [5, 5.41) is 1.97.